The number of aryl methyl sites for hydroxylation is 1. The van der Waals surface area contributed by atoms with E-state index in [1.807, 2.05) is 31.2 Å². The number of ether oxygens (including phenoxy) is 2. The normalized spacial score (nSPS) is 10.5. The molecule has 0 radical (unpaired) electrons. The van der Waals surface area contributed by atoms with Gasteiger partial charge in [-0.15, -0.1) is 0 Å². The first-order chi connectivity index (χ1) is 16.9. The monoisotopic (exact) mass is 474 g/mol. The number of hydrazone groups is 1. The lowest BCUT2D eigenvalue weighted by molar-refractivity contribution is -0.139. The molecule has 0 spiro atoms. The van der Waals surface area contributed by atoms with Gasteiger partial charge in [0.05, 0.1) is 13.3 Å². The molecule has 3 rings (SSSR count). The van der Waals surface area contributed by atoms with Crippen LogP contribution in [0.5, 0.6) is 11.5 Å². The highest BCUT2D eigenvalue weighted by molar-refractivity contribution is 6.35. The van der Waals surface area contributed by atoms with Gasteiger partial charge in [-0.25, -0.2) is 5.43 Å². The first-order valence-corrected chi connectivity index (χ1v) is 10.8. The molecule has 3 amide bonds. The number of anilines is 1. The van der Waals surface area contributed by atoms with Crippen molar-refractivity contribution in [1.82, 2.24) is 10.7 Å². The van der Waals surface area contributed by atoms with Gasteiger partial charge in [-0.05, 0) is 48.9 Å². The van der Waals surface area contributed by atoms with E-state index in [4.69, 9.17) is 9.47 Å². The highest BCUT2D eigenvalue weighted by Gasteiger charge is 2.12. The summed E-state index contributed by atoms with van der Waals surface area (Å²) in [7, 11) is 1.56. The van der Waals surface area contributed by atoms with Gasteiger partial charge in [0, 0.05) is 17.8 Å². The quantitative estimate of drug-likeness (QED) is 0.250. The first-order valence-electron chi connectivity index (χ1n) is 10.8. The van der Waals surface area contributed by atoms with E-state index in [0.29, 0.717) is 22.7 Å². The summed E-state index contributed by atoms with van der Waals surface area (Å²) in [5.74, 6) is -0.976. The summed E-state index contributed by atoms with van der Waals surface area (Å²) in [6.07, 6.45) is 1.34. The van der Waals surface area contributed by atoms with E-state index in [9.17, 15) is 14.4 Å². The molecule has 3 aromatic carbocycles. The summed E-state index contributed by atoms with van der Waals surface area (Å²) in [6, 6.07) is 21.4. The summed E-state index contributed by atoms with van der Waals surface area (Å²) in [5.41, 5.74) is 5.29. The van der Waals surface area contributed by atoms with Crippen molar-refractivity contribution in [2.24, 2.45) is 5.10 Å². The summed E-state index contributed by atoms with van der Waals surface area (Å²) in [6.45, 7) is 1.96. The van der Waals surface area contributed by atoms with Crippen LogP contribution in [0.1, 0.15) is 16.7 Å². The summed E-state index contributed by atoms with van der Waals surface area (Å²) in [5, 5.41) is 9.08. The zero-order chi connectivity index (χ0) is 25.0. The molecule has 3 aromatic rings. The molecule has 0 aromatic heterocycles. The van der Waals surface area contributed by atoms with Crippen LogP contribution in [-0.4, -0.2) is 37.7 Å². The van der Waals surface area contributed by atoms with Crippen LogP contribution in [0, 0.1) is 6.92 Å². The summed E-state index contributed by atoms with van der Waals surface area (Å²) < 4.78 is 10.7. The molecule has 0 unspecified atom stereocenters. The molecule has 9 heteroatoms. The van der Waals surface area contributed by atoms with E-state index in [1.54, 1.807) is 55.6 Å². The van der Waals surface area contributed by atoms with Crippen molar-refractivity contribution in [2.45, 2.75) is 13.5 Å². The van der Waals surface area contributed by atoms with Crippen molar-refractivity contribution in [1.29, 1.82) is 0 Å². The van der Waals surface area contributed by atoms with Crippen LogP contribution in [-0.2, 0) is 20.9 Å². The fraction of sp³-hybridized carbons (Fsp3) is 0.154. The third kappa shape index (κ3) is 8.01. The van der Waals surface area contributed by atoms with E-state index < -0.39 is 11.8 Å². The van der Waals surface area contributed by atoms with Gasteiger partial charge >= 0.3 is 11.8 Å². The predicted molar refractivity (Wildman–Crippen MR) is 132 cm³/mol. The van der Waals surface area contributed by atoms with E-state index >= 15 is 0 Å². The largest absolute Gasteiger partial charge is 0.497 e. The Balaban J connectivity index is 1.48. The fourth-order valence-corrected chi connectivity index (χ4v) is 2.91. The molecule has 0 saturated heterocycles. The second-order valence-corrected chi connectivity index (χ2v) is 7.47. The number of carbonyl (C=O) groups is 3. The average molecular weight is 475 g/mol. The number of amides is 3. The van der Waals surface area contributed by atoms with Crippen molar-refractivity contribution in [3.63, 3.8) is 0 Å². The Kier molecular flexibility index (Phi) is 8.95. The van der Waals surface area contributed by atoms with Crippen molar-refractivity contribution >= 4 is 29.6 Å². The first kappa shape index (κ1) is 25.0. The highest BCUT2D eigenvalue weighted by Crippen LogP contribution is 2.17. The Morgan fingerprint density at radius 1 is 0.914 bits per heavy atom. The van der Waals surface area contributed by atoms with Crippen molar-refractivity contribution in [2.75, 3.05) is 19.0 Å². The fourth-order valence-electron chi connectivity index (χ4n) is 2.91. The minimum absolute atomic E-state index is 0.228. The minimum atomic E-state index is -0.898. The van der Waals surface area contributed by atoms with Gasteiger partial charge in [0.25, 0.3) is 5.91 Å². The Labute approximate surface area is 203 Å². The molecule has 0 aliphatic heterocycles. The van der Waals surface area contributed by atoms with Gasteiger partial charge in [0.1, 0.15) is 11.5 Å². The van der Waals surface area contributed by atoms with Gasteiger partial charge in [-0.1, -0.05) is 42.0 Å². The minimum Gasteiger partial charge on any atom is -0.497 e. The molecule has 3 N–H and O–H groups in total. The predicted octanol–water partition coefficient (Wildman–Crippen LogP) is 2.79. The molecule has 0 heterocycles. The van der Waals surface area contributed by atoms with Gasteiger partial charge < -0.3 is 20.1 Å². The Hall–Kier alpha value is -4.66. The molecule has 0 fully saturated rings. The molecule has 35 heavy (non-hydrogen) atoms. The second kappa shape index (κ2) is 12.5. The third-order valence-corrected chi connectivity index (χ3v) is 4.80. The number of methoxy groups -OCH3 is 1. The molecule has 0 atom stereocenters. The number of nitrogens with zero attached hydrogens (tertiary/aromatic N) is 1. The number of carbonyl (C=O) groups excluding carboxylic acids is 3. The molecular formula is C26H26N4O5. The zero-order valence-electron chi connectivity index (χ0n) is 19.4. The number of hydrogen-bond donors (Lipinski definition) is 3. The van der Waals surface area contributed by atoms with Crippen LogP contribution in [0.25, 0.3) is 0 Å². The van der Waals surface area contributed by atoms with E-state index in [2.05, 4.69) is 21.2 Å². The van der Waals surface area contributed by atoms with E-state index in [-0.39, 0.29) is 19.1 Å². The lowest BCUT2D eigenvalue weighted by Crippen LogP contribution is -2.37. The maximum atomic E-state index is 12.2. The molecule has 0 aliphatic carbocycles. The molecule has 0 aliphatic rings. The molecule has 180 valence electrons. The Morgan fingerprint density at radius 2 is 1.63 bits per heavy atom. The topological polar surface area (TPSA) is 118 Å². The van der Waals surface area contributed by atoms with Crippen molar-refractivity contribution in [3.05, 3.63) is 89.5 Å². The van der Waals surface area contributed by atoms with E-state index in [1.165, 1.54) is 6.21 Å². The van der Waals surface area contributed by atoms with Crippen molar-refractivity contribution in [3.8, 4) is 11.5 Å². The SMILES string of the molecule is COc1ccc(NC(=O)COc2ccccc2/C=N\NC(=O)C(=O)NCc2ccc(C)cc2)cc1. The summed E-state index contributed by atoms with van der Waals surface area (Å²) >= 11 is 0. The van der Waals surface area contributed by atoms with Gasteiger partial charge in [0.15, 0.2) is 6.61 Å². The Bertz CT molecular complexity index is 1190. The van der Waals surface area contributed by atoms with Gasteiger partial charge in [-0.2, -0.15) is 5.10 Å². The standard InChI is InChI=1S/C26H26N4O5/c1-18-7-9-19(10-8-18)15-27-25(32)26(33)30-28-16-20-5-3-4-6-23(20)35-17-24(31)29-21-11-13-22(34-2)14-12-21/h3-14,16H,15,17H2,1-2H3,(H,27,32)(H,29,31)(H,30,33)/b28-16-. The van der Waals surface area contributed by atoms with Crippen LogP contribution in [0.3, 0.4) is 0 Å². The van der Waals surface area contributed by atoms with Crippen LogP contribution >= 0.6 is 0 Å². The number of benzene rings is 3. The number of nitrogens with one attached hydrogen (secondary N) is 3. The Morgan fingerprint density at radius 3 is 2.34 bits per heavy atom. The summed E-state index contributed by atoms with van der Waals surface area (Å²) in [4.78, 5) is 36.2. The van der Waals surface area contributed by atoms with E-state index in [0.717, 1.165) is 11.1 Å². The van der Waals surface area contributed by atoms with Crippen LogP contribution in [0.2, 0.25) is 0 Å². The smallest absolute Gasteiger partial charge is 0.329 e. The van der Waals surface area contributed by atoms with Crippen LogP contribution < -0.4 is 25.5 Å². The average Bonchev–Trinajstić information content (AvgIpc) is 2.88. The molecular weight excluding hydrogens is 448 g/mol. The third-order valence-electron chi connectivity index (χ3n) is 4.80. The van der Waals surface area contributed by atoms with Gasteiger partial charge in [-0.3, -0.25) is 14.4 Å². The second-order valence-electron chi connectivity index (χ2n) is 7.47. The molecule has 9 nitrogen and oxygen atoms in total. The van der Waals surface area contributed by atoms with Gasteiger partial charge in [0.2, 0.25) is 0 Å². The highest BCUT2D eigenvalue weighted by atomic mass is 16.5. The maximum Gasteiger partial charge on any atom is 0.329 e. The lowest BCUT2D eigenvalue weighted by Gasteiger charge is -2.10. The molecule has 0 bridgehead atoms. The van der Waals surface area contributed by atoms with Crippen LogP contribution in [0.15, 0.2) is 77.9 Å². The number of hydrogen-bond acceptors (Lipinski definition) is 6. The van der Waals surface area contributed by atoms with Crippen LogP contribution in [0.4, 0.5) is 5.69 Å². The number of para-hydroxylation sites is 1. The van der Waals surface area contributed by atoms with Crippen molar-refractivity contribution < 1.29 is 23.9 Å². The maximum absolute atomic E-state index is 12.2. The zero-order valence-corrected chi connectivity index (χ0v) is 19.4. The lowest BCUT2D eigenvalue weighted by atomic mass is 10.1. The number of rotatable bonds is 9. The molecule has 0 saturated carbocycles.